The second-order valence-electron chi connectivity index (χ2n) is 5.10. The van der Waals surface area contributed by atoms with Gasteiger partial charge in [-0.1, -0.05) is 25.0 Å². The van der Waals surface area contributed by atoms with Gasteiger partial charge in [0.25, 0.3) is 5.91 Å². The van der Waals surface area contributed by atoms with Crippen LogP contribution in [0.5, 0.6) is 0 Å². The summed E-state index contributed by atoms with van der Waals surface area (Å²) < 4.78 is 5.43. The first kappa shape index (κ1) is 14.8. The standard InChI is InChI=1S/C15H22N2O3/c18-15(16-19)13-5-3-4-9-17(10-12-20-11-8-13)14-6-1-2-7-14/h3-5,8,11,14,19H,1-2,6-7,9-10,12H2,(H,16,18)/b4-3+,11-8+,13-5+. The van der Waals surface area contributed by atoms with Crippen molar-refractivity contribution in [2.24, 2.45) is 0 Å². The van der Waals surface area contributed by atoms with Crippen molar-refractivity contribution in [1.29, 1.82) is 0 Å². The Morgan fingerprint density at radius 3 is 2.95 bits per heavy atom. The average Bonchev–Trinajstić information content (AvgIpc) is 2.97. The number of carbonyl (C=O) groups is 1. The van der Waals surface area contributed by atoms with E-state index in [0.29, 0.717) is 18.2 Å². The molecule has 2 aliphatic rings. The Morgan fingerprint density at radius 1 is 1.40 bits per heavy atom. The van der Waals surface area contributed by atoms with Crippen molar-refractivity contribution in [3.05, 3.63) is 36.1 Å². The summed E-state index contributed by atoms with van der Waals surface area (Å²) in [5.41, 5.74) is 1.99. The van der Waals surface area contributed by atoms with Gasteiger partial charge in [-0.05, 0) is 25.0 Å². The van der Waals surface area contributed by atoms with Crippen LogP contribution in [-0.4, -0.2) is 41.8 Å². The number of nitrogens with zero attached hydrogens (tertiary/aromatic N) is 1. The van der Waals surface area contributed by atoms with E-state index in [0.717, 1.165) is 13.1 Å². The number of hydrogen-bond acceptors (Lipinski definition) is 4. The molecular weight excluding hydrogens is 256 g/mol. The largest absolute Gasteiger partial charge is 0.500 e. The van der Waals surface area contributed by atoms with Crippen LogP contribution in [0, 0.1) is 0 Å². The molecule has 1 aliphatic heterocycles. The Hall–Kier alpha value is -1.59. The summed E-state index contributed by atoms with van der Waals surface area (Å²) in [5, 5.41) is 8.67. The molecule has 0 aromatic rings. The Balaban J connectivity index is 2.03. The summed E-state index contributed by atoms with van der Waals surface area (Å²) in [4.78, 5) is 13.8. The van der Waals surface area contributed by atoms with Crippen molar-refractivity contribution in [2.45, 2.75) is 31.7 Å². The van der Waals surface area contributed by atoms with Crippen LogP contribution in [-0.2, 0) is 9.53 Å². The van der Waals surface area contributed by atoms with E-state index in [1.54, 1.807) is 17.6 Å². The molecule has 5 heteroatoms. The monoisotopic (exact) mass is 278 g/mol. The molecule has 1 fully saturated rings. The first-order valence-electron chi connectivity index (χ1n) is 7.14. The van der Waals surface area contributed by atoms with Gasteiger partial charge in [0, 0.05) is 24.7 Å². The molecule has 0 radical (unpaired) electrons. The number of rotatable bonds is 2. The molecule has 110 valence electrons. The summed E-state index contributed by atoms with van der Waals surface area (Å²) in [6.45, 7) is 2.36. The number of ether oxygens (including phenoxy) is 1. The van der Waals surface area contributed by atoms with Crippen LogP contribution in [0.25, 0.3) is 0 Å². The predicted octanol–water partition coefficient (Wildman–Crippen LogP) is 1.76. The zero-order chi connectivity index (χ0) is 14.2. The molecule has 1 amide bonds. The first-order chi connectivity index (χ1) is 9.81. The average molecular weight is 278 g/mol. The number of hydrogen-bond donors (Lipinski definition) is 2. The SMILES string of the molecule is O=C(NO)C1=C/C=C/CN(C2CCCC2)CCO\C=C\1. The lowest BCUT2D eigenvalue weighted by Gasteiger charge is -2.27. The molecule has 0 spiro atoms. The summed E-state index contributed by atoms with van der Waals surface area (Å²) >= 11 is 0. The maximum atomic E-state index is 11.4. The Bertz CT molecular complexity index is 409. The van der Waals surface area contributed by atoms with E-state index in [-0.39, 0.29) is 0 Å². The van der Waals surface area contributed by atoms with Gasteiger partial charge in [0.05, 0.1) is 12.9 Å². The fourth-order valence-electron chi connectivity index (χ4n) is 2.69. The van der Waals surface area contributed by atoms with Gasteiger partial charge in [-0.2, -0.15) is 0 Å². The molecule has 0 unspecified atom stereocenters. The number of allylic oxidation sites excluding steroid dienone is 2. The van der Waals surface area contributed by atoms with Gasteiger partial charge in [0.1, 0.15) is 0 Å². The van der Waals surface area contributed by atoms with Crippen LogP contribution in [0.4, 0.5) is 0 Å². The zero-order valence-electron chi connectivity index (χ0n) is 11.6. The van der Waals surface area contributed by atoms with Crippen molar-refractivity contribution < 1.29 is 14.7 Å². The van der Waals surface area contributed by atoms with Gasteiger partial charge < -0.3 is 4.74 Å². The highest BCUT2D eigenvalue weighted by molar-refractivity contribution is 5.95. The van der Waals surface area contributed by atoms with Crippen molar-refractivity contribution >= 4 is 5.91 Å². The van der Waals surface area contributed by atoms with Crippen LogP contribution in [0.1, 0.15) is 25.7 Å². The lowest BCUT2D eigenvalue weighted by Crippen LogP contribution is -2.35. The third-order valence-electron chi connectivity index (χ3n) is 3.80. The van der Waals surface area contributed by atoms with Gasteiger partial charge in [0.15, 0.2) is 0 Å². The molecule has 0 atom stereocenters. The smallest absolute Gasteiger partial charge is 0.274 e. The first-order valence-corrected chi connectivity index (χ1v) is 7.14. The highest BCUT2D eigenvalue weighted by Gasteiger charge is 2.21. The Kier molecular flexibility index (Phi) is 5.83. The topological polar surface area (TPSA) is 61.8 Å². The fraction of sp³-hybridized carbons (Fsp3) is 0.533. The minimum absolute atomic E-state index is 0.359. The number of amides is 1. The third-order valence-corrected chi connectivity index (χ3v) is 3.80. The van der Waals surface area contributed by atoms with E-state index in [4.69, 9.17) is 9.94 Å². The lowest BCUT2D eigenvalue weighted by atomic mass is 10.2. The molecule has 2 N–H and O–H groups in total. The summed E-state index contributed by atoms with van der Waals surface area (Å²) in [6, 6.07) is 0.650. The van der Waals surface area contributed by atoms with E-state index in [1.165, 1.54) is 31.9 Å². The Labute approximate surface area is 119 Å². The van der Waals surface area contributed by atoms with Crippen molar-refractivity contribution in [3.8, 4) is 0 Å². The molecule has 0 aromatic carbocycles. The lowest BCUT2D eigenvalue weighted by molar-refractivity contribution is -0.124. The molecule has 20 heavy (non-hydrogen) atoms. The minimum atomic E-state index is -0.540. The van der Waals surface area contributed by atoms with Gasteiger partial charge in [-0.3, -0.25) is 14.9 Å². The maximum Gasteiger partial charge on any atom is 0.274 e. The van der Waals surface area contributed by atoms with E-state index in [2.05, 4.69) is 4.90 Å². The van der Waals surface area contributed by atoms with Crippen LogP contribution >= 0.6 is 0 Å². The second kappa shape index (κ2) is 7.87. The normalized spacial score (nSPS) is 27.8. The highest BCUT2D eigenvalue weighted by Crippen LogP contribution is 2.23. The highest BCUT2D eigenvalue weighted by atomic mass is 16.5. The Morgan fingerprint density at radius 2 is 2.20 bits per heavy atom. The van der Waals surface area contributed by atoms with Crippen LogP contribution < -0.4 is 5.48 Å². The number of hydroxylamine groups is 1. The van der Waals surface area contributed by atoms with E-state index in [1.807, 2.05) is 12.2 Å². The zero-order valence-corrected chi connectivity index (χ0v) is 11.6. The van der Waals surface area contributed by atoms with Gasteiger partial charge in [0.2, 0.25) is 0 Å². The minimum Gasteiger partial charge on any atom is -0.500 e. The van der Waals surface area contributed by atoms with Gasteiger partial charge >= 0.3 is 0 Å². The summed E-state index contributed by atoms with van der Waals surface area (Å²) in [5.74, 6) is -0.540. The number of carbonyl (C=O) groups excluding carboxylic acids is 1. The van der Waals surface area contributed by atoms with Gasteiger partial charge in [-0.15, -0.1) is 0 Å². The van der Waals surface area contributed by atoms with Crippen LogP contribution in [0.2, 0.25) is 0 Å². The fourth-order valence-corrected chi connectivity index (χ4v) is 2.69. The summed E-state index contributed by atoms with van der Waals surface area (Å²) in [7, 11) is 0. The van der Waals surface area contributed by atoms with Crippen molar-refractivity contribution in [1.82, 2.24) is 10.4 Å². The van der Waals surface area contributed by atoms with E-state index >= 15 is 0 Å². The second-order valence-corrected chi connectivity index (χ2v) is 5.10. The molecule has 0 aromatic heterocycles. The molecule has 5 nitrogen and oxygen atoms in total. The maximum absolute atomic E-state index is 11.4. The number of nitrogens with one attached hydrogen (secondary N) is 1. The van der Waals surface area contributed by atoms with Crippen LogP contribution in [0.3, 0.4) is 0 Å². The van der Waals surface area contributed by atoms with Gasteiger partial charge in [-0.25, -0.2) is 5.48 Å². The molecule has 1 saturated carbocycles. The van der Waals surface area contributed by atoms with Crippen LogP contribution in [0.15, 0.2) is 36.1 Å². The molecule has 1 heterocycles. The van der Waals surface area contributed by atoms with E-state index in [9.17, 15) is 4.79 Å². The van der Waals surface area contributed by atoms with Crippen molar-refractivity contribution in [3.63, 3.8) is 0 Å². The van der Waals surface area contributed by atoms with Crippen molar-refractivity contribution in [2.75, 3.05) is 19.7 Å². The molecule has 0 saturated heterocycles. The molecule has 0 bridgehead atoms. The molecular formula is C15H22N2O3. The summed E-state index contributed by atoms with van der Waals surface area (Å²) in [6.07, 6.45) is 13.8. The molecule has 2 rings (SSSR count). The van der Waals surface area contributed by atoms with E-state index < -0.39 is 5.91 Å². The third kappa shape index (κ3) is 4.21. The molecule has 1 aliphatic carbocycles. The quantitative estimate of drug-likeness (QED) is 0.597. The predicted molar refractivity (Wildman–Crippen MR) is 76.1 cm³/mol.